The first-order valence-electron chi connectivity index (χ1n) is 15.4. The zero-order chi connectivity index (χ0) is 31.6. The van der Waals surface area contributed by atoms with Crippen LogP contribution < -0.4 is 5.69 Å². The van der Waals surface area contributed by atoms with Crippen LogP contribution in [0.5, 0.6) is 0 Å². The van der Waals surface area contributed by atoms with E-state index in [4.69, 9.17) is 19.4 Å². The summed E-state index contributed by atoms with van der Waals surface area (Å²) >= 11 is 0. The zero-order valence-electron chi connectivity index (χ0n) is 25.7. The molecule has 0 aliphatic carbocycles. The highest BCUT2D eigenvalue weighted by molar-refractivity contribution is 6.10. The first kappa shape index (κ1) is 27.0. The van der Waals surface area contributed by atoms with Crippen LogP contribution in [0.4, 0.5) is 0 Å². The van der Waals surface area contributed by atoms with Gasteiger partial charge in [0.15, 0.2) is 17.5 Å². The fraction of sp³-hybridized carbons (Fsp3) is 0.0500. The van der Waals surface area contributed by atoms with Crippen LogP contribution in [-0.2, 0) is 14.1 Å². The summed E-state index contributed by atoms with van der Waals surface area (Å²) in [4.78, 5) is 27.5. The molecule has 0 saturated heterocycles. The first-order valence-corrected chi connectivity index (χ1v) is 15.4. The van der Waals surface area contributed by atoms with Gasteiger partial charge in [-0.15, -0.1) is 0 Å². The summed E-state index contributed by atoms with van der Waals surface area (Å²) in [6, 6.07) is 43.0. The molecule has 0 saturated carbocycles. The molecule has 0 radical (unpaired) electrons. The Morgan fingerprint density at radius 3 is 1.83 bits per heavy atom. The number of fused-ring (bicyclic) bond motifs is 5. The second-order valence-electron chi connectivity index (χ2n) is 11.9. The number of aryl methyl sites for hydroxylation is 2. The van der Waals surface area contributed by atoms with Gasteiger partial charge in [-0.3, -0.25) is 9.13 Å². The summed E-state index contributed by atoms with van der Waals surface area (Å²) in [6.07, 6.45) is 0. The number of benzene rings is 6. The Balaban J connectivity index is 1.20. The molecule has 3 aromatic heterocycles. The molecule has 0 spiro atoms. The molecule has 0 aliphatic heterocycles. The molecule has 7 nitrogen and oxygen atoms in total. The van der Waals surface area contributed by atoms with Crippen LogP contribution in [0.2, 0.25) is 0 Å². The summed E-state index contributed by atoms with van der Waals surface area (Å²) < 4.78 is 9.60. The van der Waals surface area contributed by atoms with E-state index in [0.29, 0.717) is 17.5 Å². The van der Waals surface area contributed by atoms with E-state index in [0.717, 1.165) is 71.6 Å². The van der Waals surface area contributed by atoms with E-state index in [-0.39, 0.29) is 5.69 Å². The number of hydrogen-bond donors (Lipinski definition) is 0. The highest BCUT2D eigenvalue weighted by Crippen LogP contribution is 2.35. The van der Waals surface area contributed by atoms with Crippen molar-refractivity contribution in [3.8, 4) is 45.3 Å². The summed E-state index contributed by atoms with van der Waals surface area (Å²) in [5, 5.41) is 4.37. The SMILES string of the molecule is Cn1c(=O)n(C)c2cc(-c3cccc(-c4nc(-c5ccccc5)nc(-c5ccc6oc7cc8ccccc8cc7c6c5)n4)c3)ccc21. The largest absolute Gasteiger partial charge is 0.456 e. The van der Waals surface area contributed by atoms with Crippen molar-refractivity contribution in [3.63, 3.8) is 0 Å². The van der Waals surface area contributed by atoms with Crippen LogP contribution in [0.25, 0.3) is 89.0 Å². The molecule has 0 atom stereocenters. The van der Waals surface area contributed by atoms with E-state index in [2.05, 4.69) is 54.6 Å². The minimum Gasteiger partial charge on any atom is -0.456 e. The van der Waals surface area contributed by atoms with E-state index in [1.807, 2.05) is 72.8 Å². The lowest BCUT2D eigenvalue weighted by Gasteiger charge is -2.10. The maximum absolute atomic E-state index is 12.5. The first-order chi connectivity index (χ1) is 23.0. The molecule has 3 heterocycles. The highest BCUT2D eigenvalue weighted by Gasteiger charge is 2.16. The normalized spacial score (nSPS) is 11.7. The van der Waals surface area contributed by atoms with Crippen molar-refractivity contribution in [2.45, 2.75) is 0 Å². The summed E-state index contributed by atoms with van der Waals surface area (Å²) in [5.74, 6) is 1.75. The topological polar surface area (TPSA) is 78.7 Å². The van der Waals surface area contributed by atoms with Crippen LogP contribution in [0.15, 0.2) is 137 Å². The molecule has 0 unspecified atom stereocenters. The number of imidazole rings is 1. The third kappa shape index (κ3) is 4.43. The van der Waals surface area contributed by atoms with Crippen molar-refractivity contribution < 1.29 is 4.42 Å². The quantitative estimate of drug-likeness (QED) is 0.199. The molecule has 224 valence electrons. The van der Waals surface area contributed by atoms with Gasteiger partial charge in [0.05, 0.1) is 11.0 Å². The number of nitrogens with zero attached hydrogens (tertiary/aromatic N) is 5. The van der Waals surface area contributed by atoms with Gasteiger partial charge in [0.25, 0.3) is 0 Å². The van der Waals surface area contributed by atoms with Crippen molar-refractivity contribution >= 4 is 43.7 Å². The van der Waals surface area contributed by atoms with Gasteiger partial charge in [-0.2, -0.15) is 0 Å². The number of furan rings is 1. The highest BCUT2D eigenvalue weighted by atomic mass is 16.3. The molecule has 0 fully saturated rings. The van der Waals surface area contributed by atoms with Gasteiger partial charge in [-0.05, 0) is 70.4 Å². The van der Waals surface area contributed by atoms with Gasteiger partial charge >= 0.3 is 5.69 Å². The van der Waals surface area contributed by atoms with Crippen LogP contribution in [-0.4, -0.2) is 24.1 Å². The monoisotopic (exact) mass is 609 g/mol. The van der Waals surface area contributed by atoms with Crippen molar-refractivity contribution in [3.05, 3.63) is 138 Å². The molecule has 47 heavy (non-hydrogen) atoms. The molecule has 0 N–H and O–H groups in total. The lowest BCUT2D eigenvalue weighted by Crippen LogP contribution is -2.19. The standard InChI is InChI=1S/C40H27N5O2/c1-44-33-17-15-28(22-34(33)45(2)40(44)46)25-13-8-14-29(19-25)38-41-37(24-9-4-3-5-10-24)42-39(43-38)30-16-18-35-31(21-30)32-20-26-11-6-7-12-27(26)23-36(32)47-35/h3-23H,1-2H3. The molecule has 0 aliphatic rings. The lowest BCUT2D eigenvalue weighted by atomic mass is 10.0. The molecular formula is C40H27N5O2. The Morgan fingerprint density at radius 2 is 1.04 bits per heavy atom. The number of hydrogen-bond acceptors (Lipinski definition) is 5. The van der Waals surface area contributed by atoms with Gasteiger partial charge in [0.1, 0.15) is 11.2 Å². The smallest absolute Gasteiger partial charge is 0.328 e. The summed E-state index contributed by atoms with van der Waals surface area (Å²) in [5.41, 5.74) is 8.04. The van der Waals surface area contributed by atoms with E-state index >= 15 is 0 Å². The fourth-order valence-electron chi connectivity index (χ4n) is 6.48. The van der Waals surface area contributed by atoms with Crippen LogP contribution in [0.1, 0.15) is 0 Å². The Morgan fingerprint density at radius 1 is 0.468 bits per heavy atom. The number of aromatic nitrogens is 5. The maximum Gasteiger partial charge on any atom is 0.328 e. The Labute approximate surface area is 269 Å². The van der Waals surface area contributed by atoms with Gasteiger partial charge in [0, 0.05) is 41.6 Å². The van der Waals surface area contributed by atoms with Crippen molar-refractivity contribution in [1.29, 1.82) is 0 Å². The van der Waals surface area contributed by atoms with Gasteiger partial charge < -0.3 is 4.42 Å². The molecule has 9 aromatic rings. The third-order valence-corrected chi connectivity index (χ3v) is 8.99. The Bertz CT molecular complexity index is 2740. The van der Waals surface area contributed by atoms with Crippen LogP contribution in [0, 0.1) is 0 Å². The summed E-state index contributed by atoms with van der Waals surface area (Å²) in [7, 11) is 3.59. The molecule has 0 bridgehead atoms. The van der Waals surface area contributed by atoms with Gasteiger partial charge in [-0.1, -0.05) is 78.9 Å². The Kier molecular flexibility index (Phi) is 5.95. The van der Waals surface area contributed by atoms with Gasteiger partial charge in [-0.25, -0.2) is 19.7 Å². The van der Waals surface area contributed by atoms with Crippen molar-refractivity contribution in [2.75, 3.05) is 0 Å². The van der Waals surface area contributed by atoms with Crippen molar-refractivity contribution in [2.24, 2.45) is 14.1 Å². The second-order valence-corrected chi connectivity index (χ2v) is 11.9. The third-order valence-electron chi connectivity index (χ3n) is 8.99. The lowest BCUT2D eigenvalue weighted by molar-refractivity contribution is 0.669. The second kappa shape index (κ2) is 10.4. The fourth-order valence-corrected chi connectivity index (χ4v) is 6.48. The van der Waals surface area contributed by atoms with Crippen LogP contribution in [0.3, 0.4) is 0 Å². The predicted octanol–water partition coefficient (Wildman–Crippen LogP) is 8.78. The van der Waals surface area contributed by atoms with E-state index in [9.17, 15) is 4.79 Å². The minimum absolute atomic E-state index is 0.0491. The average molecular weight is 610 g/mol. The maximum atomic E-state index is 12.5. The van der Waals surface area contributed by atoms with E-state index < -0.39 is 0 Å². The van der Waals surface area contributed by atoms with Crippen molar-refractivity contribution in [1.82, 2.24) is 24.1 Å². The van der Waals surface area contributed by atoms with Crippen LogP contribution >= 0.6 is 0 Å². The molecular weight excluding hydrogens is 582 g/mol. The molecule has 9 rings (SSSR count). The zero-order valence-corrected chi connectivity index (χ0v) is 25.7. The average Bonchev–Trinajstić information content (AvgIpc) is 3.59. The summed E-state index contributed by atoms with van der Waals surface area (Å²) in [6.45, 7) is 0. The molecule has 7 heteroatoms. The predicted molar refractivity (Wildman–Crippen MR) is 188 cm³/mol. The molecule has 0 amide bonds. The molecule has 6 aromatic carbocycles. The Hall–Kier alpha value is -6.34. The van der Waals surface area contributed by atoms with Gasteiger partial charge in [0.2, 0.25) is 0 Å². The minimum atomic E-state index is -0.0491. The van der Waals surface area contributed by atoms with E-state index in [1.54, 1.807) is 23.2 Å². The number of rotatable bonds is 4. The van der Waals surface area contributed by atoms with E-state index in [1.165, 1.54) is 0 Å².